The summed E-state index contributed by atoms with van der Waals surface area (Å²) < 4.78 is 1.51. The van der Waals surface area contributed by atoms with E-state index in [4.69, 9.17) is 24.4 Å². The number of rotatable bonds is 4. The van der Waals surface area contributed by atoms with Crippen molar-refractivity contribution in [3.8, 4) is 22.3 Å². The van der Waals surface area contributed by atoms with Gasteiger partial charge in [-0.05, 0) is 68.1 Å². The van der Waals surface area contributed by atoms with Crippen molar-refractivity contribution in [1.82, 2.24) is 0 Å². The first-order valence-electron chi connectivity index (χ1n) is 10.7. The molecule has 4 rings (SSSR count). The molecule has 4 aromatic carbocycles. The van der Waals surface area contributed by atoms with E-state index in [1.54, 1.807) is 0 Å². The number of hydrogen-bond acceptors (Lipinski definition) is 4. The average Bonchev–Trinajstić information content (AvgIpc) is 2.92. The zero-order chi connectivity index (χ0) is 23.9. The number of anilines is 2. The van der Waals surface area contributed by atoms with Gasteiger partial charge in [-0.15, -0.1) is 0 Å². The summed E-state index contributed by atoms with van der Waals surface area (Å²) in [5, 5.41) is 0. The molecule has 0 atom stereocenters. The van der Waals surface area contributed by atoms with Gasteiger partial charge in [0.15, 0.2) is 8.64 Å². The second kappa shape index (κ2) is 11.7. The van der Waals surface area contributed by atoms with Crippen LogP contribution in [0.4, 0.5) is 11.4 Å². The van der Waals surface area contributed by atoms with Crippen LogP contribution in [0.1, 0.15) is 0 Å². The lowest BCUT2D eigenvalue weighted by molar-refractivity contribution is 1.31. The largest absolute Gasteiger partial charge is 0.330 e. The van der Waals surface area contributed by atoms with Crippen LogP contribution in [-0.2, 0) is 0 Å². The maximum atomic E-state index is 5.67. The quantitative estimate of drug-likeness (QED) is 0.197. The topological polar surface area (TPSA) is 6.48 Å². The van der Waals surface area contributed by atoms with E-state index in [0.29, 0.717) is 0 Å². The van der Waals surface area contributed by atoms with Crippen LogP contribution >= 0.6 is 46.0 Å². The SMILES string of the molecule is CN(C(=S)SSC(=S)N(C)c1ccc(-c2ccccc2)cc1)c1ccc(-c2ccccc2)cc1. The maximum absolute atomic E-state index is 5.67. The minimum Gasteiger partial charge on any atom is -0.330 e. The monoisotopic (exact) mass is 516 g/mol. The molecule has 0 saturated carbocycles. The normalized spacial score (nSPS) is 10.5. The van der Waals surface area contributed by atoms with Gasteiger partial charge in [-0.3, -0.25) is 0 Å². The highest BCUT2D eigenvalue weighted by Gasteiger charge is 2.13. The van der Waals surface area contributed by atoms with Gasteiger partial charge in [0.2, 0.25) is 0 Å². The molecular weight excluding hydrogens is 493 g/mol. The minimum atomic E-state index is 0.757. The molecule has 0 aliphatic rings. The van der Waals surface area contributed by atoms with Crippen LogP contribution in [0.5, 0.6) is 0 Å². The van der Waals surface area contributed by atoms with Crippen LogP contribution in [0.2, 0.25) is 0 Å². The molecule has 0 amide bonds. The summed E-state index contributed by atoms with van der Waals surface area (Å²) in [6.45, 7) is 0. The second-order valence-electron chi connectivity index (χ2n) is 7.64. The smallest absolute Gasteiger partial charge is 0.151 e. The first-order valence-corrected chi connectivity index (χ1v) is 13.7. The molecule has 0 radical (unpaired) electrons. The molecule has 34 heavy (non-hydrogen) atoms. The fourth-order valence-corrected chi connectivity index (χ4v) is 5.91. The Morgan fingerprint density at radius 3 is 1.09 bits per heavy atom. The first kappa shape index (κ1) is 24.5. The molecule has 0 bridgehead atoms. The highest BCUT2D eigenvalue weighted by atomic mass is 33.1. The summed E-state index contributed by atoms with van der Waals surface area (Å²) in [7, 11) is 6.98. The minimum absolute atomic E-state index is 0.757. The van der Waals surface area contributed by atoms with Crippen molar-refractivity contribution in [2.24, 2.45) is 0 Å². The van der Waals surface area contributed by atoms with Crippen LogP contribution in [-0.4, -0.2) is 22.7 Å². The molecular formula is C28H24N2S4. The Kier molecular flexibility index (Phi) is 8.40. The van der Waals surface area contributed by atoms with E-state index >= 15 is 0 Å². The predicted octanol–water partition coefficient (Wildman–Crippen LogP) is 8.54. The molecule has 0 spiro atoms. The van der Waals surface area contributed by atoms with Crippen LogP contribution in [0.3, 0.4) is 0 Å². The Morgan fingerprint density at radius 2 is 0.765 bits per heavy atom. The predicted molar refractivity (Wildman–Crippen MR) is 161 cm³/mol. The van der Waals surface area contributed by atoms with Gasteiger partial charge in [-0.2, -0.15) is 0 Å². The van der Waals surface area contributed by atoms with Gasteiger partial charge in [0.1, 0.15) is 0 Å². The summed E-state index contributed by atoms with van der Waals surface area (Å²) in [5.41, 5.74) is 6.88. The van der Waals surface area contributed by atoms with Crippen LogP contribution < -0.4 is 9.80 Å². The van der Waals surface area contributed by atoms with Crippen molar-refractivity contribution in [2.45, 2.75) is 0 Å². The summed E-state index contributed by atoms with van der Waals surface area (Å²) in [5.74, 6) is 0. The molecule has 0 aliphatic heterocycles. The van der Waals surface area contributed by atoms with Crippen molar-refractivity contribution in [3.63, 3.8) is 0 Å². The second-order valence-corrected chi connectivity index (χ2v) is 11.0. The molecule has 0 saturated heterocycles. The Balaban J connectivity index is 1.32. The molecule has 0 unspecified atom stereocenters. The summed E-state index contributed by atoms with van der Waals surface area (Å²) in [6.07, 6.45) is 0. The van der Waals surface area contributed by atoms with Gasteiger partial charge in [-0.1, -0.05) is 109 Å². The summed E-state index contributed by atoms with van der Waals surface area (Å²) in [6, 6.07) is 37.6. The number of nitrogens with zero attached hydrogens (tertiary/aromatic N) is 2. The highest BCUT2D eigenvalue weighted by Crippen LogP contribution is 2.32. The molecule has 2 nitrogen and oxygen atoms in total. The van der Waals surface area contributed by atoms with E-state index in [1.165, 1.54) is 43.8 Å². The van der Waals surface area contributed by atoms with E-state index in [0.717, 1.165) is 20.0 Å². The molecule has 170 valence electrons. The van der Waals surface area contributed by atoms with Crippen LogP contribution in [0, 0.1) is 0 Å². The zero-order valence-electron chi connectivity index (χ0n) is 18.9. The fraction of sp³-hybridized carbons (Fsp3) is 0.0714. The van der Waals surface area contributed by atoms with E-state index in [9.17, 15) is 0 Å². The van der Waals surface area contributed by atoms with Gasteiger partial charge in [0, 0.05) is 25.5 Å². The molecule has 6 heteroatoms. The average molecular weight is 517 g/mol. The van der Waals surface area contributed by atoms with Gasteiger partial charge in [0.05, 0.1) is 0 Å². The van der Waals surface area contributed by atoms with Crippen molar-refractivity contribution in [2.75, 3.05) is 23.9 Å². The summed E-state index contributed by atoms with van der Waals surface area (Å²) in [4.78, 5) is 4.03. The molecule has 0 aliphatic carbocycles. The van der Waals surface area contributed by atoms with Gasteiger partial charge >= 0.3 is 0 Å². The van der Waals surface area contributed by atoms with E-state index in [-0.39, 0.29) is 0 Å². The number of hydrogen-bond donors (Lipinski definition) is 0. The van der Waals surface area contributed by atoms with Crippen LogP contribution in [0.15, 0.2) is 109 Å². The third-order valence-electron chi connectivity index (χ3n) is 5.46. The third-order valence-corrected chi connectivity index (χ3v) is 9.25. The lowest BCUT2D eigenvalue weighted by atomic mass is 10.1. The Morgan fingerprint density at radius 1 is 0.471 bits per heavy atom. The third kappa shape index (κ3) is 6.07. The first-order chi connectivity index (χ1) is 16.5. The highest BCUT2D eigenvalue weighted by molar-refractivity contribution is 8.89. The Hall–Kier alpha value is -2.64. The summed E-state index contributed by atoms with van der Waals surface area (Å²) >= 11 is 11.3. The molecule has 0 aromatic heterocycles. The van der Waals surface area contributed by atoms with Crippen LogP contribution in [0.25, 0.3) is 22.3 Å². The molecule has 4 aromatic rings. The zero-order valence-corrected chi connectivity index (χ0v) is 22.2. The maximum Gasteiger partial charge on any atom is 0.151 e. The Bertz CT molecular complexity index is 1140. The van der Waals surface area contributed by atoms with Gasteiger partial charge in [-0.25, -0.2) is 0 Å². The molecule has 0 fully saturated rings. The lowest BCUT2D eigenvalue weighted by Gasteiger charge is -2.22. The molecule has 0 N–H and O–H groups in total. The van der Waals surface area contributed by atoms with Crippen molar-refractivity contribution in [1.29, 1.82) is 0 Å². The Labute approximate surface area is 220 Å². The molecule has 0 heterocycles. The number of thiocarbonyl (C=S) groups is 2. The van der Waals surface area contributed by atoms with Crippen molar-refractivity contribution < 1.29 is 0 Å². The van der Waals surface area contributed by atoms with Crippen molar-refractivity contribution in [3.05, 3.63) is 109 Å². The lowest BCUT2D eigenvalue weighted by Crippen LogP contribution is -2.23. The van der Waals surface area contributed by atoms with E-state index in [1.807, 2.05) is 36.0 Å². The standard InChI is InChI=1S/C28H24N2S4/c1-29(25-17-13-23(14-18-25)21-9-5-3-6-10-21)27(31)33-34-28(32)30(2)26-19-15-24(16-20-26)22-11-7-4-8-12-22/h3-20H,1-2H3. The van der Waals surface area contributed by atoms with Crippen molar-refractivity contribution >= 4 is 66.0 Å². The van der Waals surface area contributed by atoms with Gasteiger partial charge in [0.25, 0.3) is 0 Å². The van der Waals surface area contributed by atoms with Gasteiger partial charge < -0.3 is 9.80 Å². The van der Waals surface area contributed by atoms with E-state index < -0.39 is 0 Å². The van der Waals surface area contributed by atoms with E-state index in [2.05, 4.69) is 97.1 Å². The fourth-order valence-electron chi connectivity index (χ4n) is 3.41. The number of benzene rings is 4.